The molecule has 3 amide bonds. The van der Waals surface area contributed by atoms with E-state index in [1.54, 1.807) is 49.4 Å². The number of imide groups is 1. The summed E-state index contributed by atoms with van der Waals surface area (Å²) < 4.78 is 15.7. The number of carbonyl (C=O) groups is 3. The summed E-state index contributed by atoms with van der Waals surface area (Å²) in [6.45, 7) is 2.03. The summed E-state index contributed by atoms with van der Waals surface area (Å²) in [5.41, 5.74) is 1.66. The van der Waals surface area contributed by atoms with Gasteiger partial charge in [-0.1, -0.05) is 17.7 Å². The first kappa shape index (κ1) is 23.9. The Kier molecular flexibility index (Phi) is 6.79. The molecule has 180 valence electrons. The van der Waals surface area contributed by atoms with Gasteiger partial charge in [0.15, 0.2) is 0 Å². The number of nitrogens with one attached hydrogen (secondary N) is 2. The molecule has 9 nitrogen and oxygen atoms in total. The Morgan fingerprint density at radius 3 is 2.54 bits per heavy atom. The van der Waals surface area contributed by atoms with E-state index in [1.165, 1.54) is 26.5 Å². The van der Waals surface area contributed by atoms with Crippen LogP contribution in [-0.2, 0) is 16.1 Å². The predicted octanol–water partition coefficient (Wildman–Crippen LogP) is 3.97. The lowest BCUT2D eigenvalue weighted by molar-refractivity contribution is -0.120. The van der Waals surface area contributed by atoms with Gasteiger partial charge in [-0.3, -0.25) is 14.4 Å². The van der Waals surface area contributed by atoms with Crippen LogP contribution < -0.4 is 25.0 Å². The van der Waals surface area contributed by atoms with Crippen LogP contribution in [0.4, 0.5) is 11.4 Å². The number of methoxy groups -OCH3 is 2. The van der Waals surface area contributed by atoms with Crippen LogP contribution in [0.5, 0.6) is 11.5 Å². The van der Waals surface area contributed by atoms with Crippen LogP contribution in [0.25, 0.3) is 0 Å². The minimum atomic E-state index is -0.701. The molecule has 0 radical (unpaired) electrons. The van der Waals surface area contributed by atoms with Crippen LogP contribution in [0.1, 0.15) is 21.7 Å². The zero-order valence-electron chi connectivity index (χ0n) is 19.2. The first-order valence-electron chi connectivity index (χ1n) is 10.5. The van der Waals surface area contributed by atoms with Crippen molar-refractivity contribution in [2.45, 2.75) is 13.5 Å². The number of rotatable bonds is 8. The van der Waals surface area contributed by atoms with Gasteiger partial charge in [-0.05, 0) is 48.9 Å². The van der Waals surface area contributed by atoms with Crippen molar-refractivity contribution in [3.8, 4) is 11.5 Å². The highest BCUT2D eigenvalue weighted by Gasteiger charge is 2.40. The van der Waals surface area contributed by atoms with E-state index in [9.17, 15) is 14.4 Å². The summed E-state index contributed by atoms with van der Waals surface area (Å²) in [4.78, 5) is 39.7. The molecule has 0 spiro atoms. The summed E-state index contributed by atoms with van der Waals surface area (Å²) in [7, 11) is 2.91. The molecule has 35 heavy (non-hydrogen) atoms. The lowest BCUT2D eigenvalue weighted by Gasteiger charge is -2.19. The van der Waals surface area contributed by atoms with Crippen molar-refractivity contribution in [2.24, 2.45) is 0 Å². The molecule has 2 N–H and O–H groups in total. The quantitative estimate of drug-likeness (QED) is 0.455. The van der Waals surface area contributed by atoms with Crippen molar-refractivity contribution in [3.63, 3.8) is 0 Å². The number of benzene rings is 2. The molecule has 3 aromatic rings. The van der Waals surface area contributed by atoms with E-state index in [1.807, 2.05) is 0 Å². The van der Waals surface area contributed by atoms with Gasteiger partial charge in [-0.15, -0.1) is 0 Å². The average Bonchev–Trinajstić information content (AvgIpc) is 3.46. The first-order chi connectivity index (χ1) is 16.8. The van der Waals surface area contributed by atoms with Gasteiger partial charge >= 0.3 is 0 Å². The van der Waals surface area contributed by atoms with E-state index in [4.69, 9.17) is 25.5 Å². The van der Waals surface area contributed by atoms with Crippen LogP contribution >= 0.6 is 11.6 Å². The fourth-order valence-corrected chi connectivity index (χ4v) is 3.73. The van der Waals surface area contributed by atoms with Crippen molar-refractivity contribution in [1.29, 1.82) is 0 Å². The molecule has 1 aliphatic rings. The van der Waals surface area contributed by atoms with Gasteiger partial charge in [-0.25, -0.2) is 4.90 Å². The third kappa shape index (κ3) is 4.71. The van der Waals surface area contributed by atoms with Gasteiger partial charge in [0.25, 0.3) is 17.7 Å². The monoisotopic (exact) mass is 495 g/mol. The summed E-state index contributed by atoms with van der Waals surface area (Å²) >= 11 is 6.28. The molecule has 0 atom stereocenters. The molecular weight excluding hydrogens is 474 g/mol. The molecule has 2 heterocycles. The molecule has 2 aromatic carbocycles. The van der Waals surface area contributed by atoms with Crippen molar-refractivity contribution in [2.75, 3.05) is 24.4 Å². The summed E-state index contributed by atoms with van der Waals surface area (Å²) in [5.74, 6) is -0.306. The van der Waals surface area contributed by atoms with Gasteiger partial charge in [0.1, 0.15) is 28.0 Å². The third-order valence-corrected chi connectivity index (χ3v) is 5.77. The molecule has 0 fully saturated rings. The van der Waals surface area contributed by atoms with E-state index in [0.717, 1.165) is 10.5 Å². The van der Waals surface area contributed by atoms with Crippen molar-refractivity contribution < 1.29 is 28.3 Å². The van der Waals surface area contributed by atoms with Gasteiger partial charge in [0.05, 0.1) is 32.7 Å². The van der Waals surface area contributed by atoms with E-state index in [-0.39, 0.29) is 34.6 Å². The first-order valence-corrected chi connectivity index (χ1v) is 10.9. The maximum atomic E-state index is 13.2. The molecule has 1 aromatic heterocycles. The number of nitrogens with zero attached hydrogens (tertiary/aromatic N) is 1. The highest BCUT2D eigenvalue weighted by molar-refractivity contribution is 6.53. The number of furan rings is 1. The fourth-order valence-electron chi connectivity index (χ4n) is 3.51. The Labute approximate surface area is 206 Å². The average molecular weight is 496 g/mol. The second kappa shape index (κ2) is 9.94. The van der Waals surface area contributed by atoms with Crippen LogP contribution in [0.15, 0.2) is 69.9 Å². The summed E-state index contributed by atoms with van der Waals surface area (Å²) in [6, 6.07) is 13.2. The second-order valence-electron chi connectivity index (χ2n) is 7.59. The van der Waals surface area contributed by atoms with E-state index >= 15 is 0 Å². The third-order valence-electron chi connectivity index (χ3n) is 5.42. The van der Waals surface area contributed by atoms with Gasteiger partial charge in [0.2, 0.25) is 0 Å². The lowest BCUT2D eigenvalue weighted by atomic mass is 10.1. The van der Waals surface area contributed by atoms with Crippen LogP contribution in [0.3, 0.4) is 0 Å². The lowest BCUT2D eigenvalue weighted by Crippen LogP contribution is -2.32. The highest BCUT2D eigenvalue weighted by Crippen LogP contribution is 2.38. The number of carbonyl (C=O) groups excluding carboxylic acids is 3. The molecule has 0 unspecified atom stereocenters. The van der Waals surface area contributed by atoms with E-state index in [2.05, 4.69) is 10.6 Å². The number of hydrogen-bond acceptors (Lipinski definition) is 7. The van der Waals surface area contributed by atoms with E-state index < -0.39 is 11.8 Å². The van der Waals surface area contributed by atoms with Crippen LogP contribution in [0, 0.1) is 6.92 Å². The minimum absolute atomic E-state index is 0.106. The fraction of sp³-hybridized carbons (Fsp3) is 0.160. The highest BCUT2D eigenvalue weighted by atomic mass is 35.5. The number of amides is 3. The number of anilines is 2. The Morgan fingerprint density at radius 1 is 1.06 bits per heavy atom. The maximum Gasteiger partial charge on any atom is 0.283 e. The Balaban J connectivity index is 1.57. The van der Waals surface area contributed by atoms with Crippen molar-refractivity contribution >= 4 is 40.7 Å². The molecule has 0 saturated carbocycles. The number of aryl methyl sites for hydroxylation is 1. The number of hydrogen-bond donors (Lipinski definition) is 2. The van der Waals surface area contributed by atoms with Gasteiger partial charge in [0, 0.05) is 17.3 Å². The molecular formula is C25H22ClN3O6. The zero-order valence-corrected chi connectivity index (χ0v) is 19.9. The van der Waals surface area contributed by atoms with E-state index in [0.29, 0.717) is 22.8 Å². The minimum Gasteiger partial charge on any atom is -0.497 e. The normalized spacial score (nSPS) is 13.3. The second-order valence-corrected chi connectivity index (χ2v) is 7.97. The molecule has 0 aliphatic carbocycles. The topological polar surface area (TPSA) is 110 Å². The van der Waals surface area contributed by atoms with Crippen molar-refractivity contribution in [1.82, 2.24) is 5.32 Å². The number of ether oxygens (including phenoxy) is 2. The Morgan fingerprint density at radius 2 is 1.86 bits per heavy atom. The Hall–Kier alpha value is -4.24. The van der Waals surface area contributed by atoms with Gasteiger partial charge < -0.3 is 24.5 Å². The standard InChI is InChI=1S/C25H22ClN3O6/c1-14-6-7-15(23(30)27-13-17-5-4-10-35-17)11-18(14)28-22-21(26)24(31)29(25(22)32)19-9-8-16(33-2)12-20(19)34-3/h4-12,28H,13H2,1-3H3,(H,27,30). The SMILES string of the molecule is COc1ccc(N2C(=O)C(Cl)=C(Nc3cc(C(=O)NCc4ccco4)ccc3C)C2=O)c(OC)c1. The van der Waals surface area contributed by atoms with Crippen LogP contribution in [0.2, 0.25) is 0 Å². The predicted molar refractivity (Wildman–Crippen MR) is 130 cm³/mol. The van der Waals surface area contributed by atoms with Gasteiger partial charge in [-0.2, -0.15) is 0 Å². The molecule has 1 aliphatic heterocycles. The molecule has 0 saturated heterocycles. The summed E-state index contributed by atoms with van der Waals surface area (Å²) in [6.07, 6.45) is 1.53. The Bertz CT molecular complexity index is 1330. The largest absolute Gasteiger partial charge is 0.497 e. The smallest absolute Gasteiger partial charge is 0.283 e. The molecule has 4 rings (SSSR count). The van der Waals surface area contributed by atoms with Crippen LogP contribution in [-0.4, -0.2) is 31.9 Å². The number of halogens is 1. The van der Waals surface area contributed by atoms with Crippen molar-refractivity contribution in [3.05, 3.63) is 82.4 Å². The summed E-state index contributed by atoms with van der Waals surface area (Å²) in [5, 5.41) is 5.42. The molecule has 0 bridgehead atoms. The molecule has 10 heteroatoms. The zero-order chi connectivity index (χ0) is 25.1. The maximum absolute atomic E-state index is 13.2.